The Labute approximate surface area is 128 Å². The van der Waals surface area contributed by atoms with Gasteiger partial charge < -0.3 is 9.88 Å². The lowest BCUT2D eigenvalue weighted by Crippen LogP contribution is -2.30. The maximum atomic E-state index is 12.2. The van der Waals surface area contributed by atoms with Gasteiger partial charge in [-0.2, -0.15) is 0 Å². The molecule has 4 heteroatoms. The molecule has 0 saturated carbocycles. The zero-order valence-corrected chi connectivity index (χ0v) is 13.8. The molecule has 1 heterocycles. The summed E-state index contributed by atoms with van der Waals surface area (Å²) in [7, 11) is 0. The first-order chi connectivity index (χ1) is 9.40. The van der Waals surface area contributed by atoms with Crippen LogP contribution in [0.3, 0.4) is 0 Å². The third-order valence-corrected chi connectivity index (χ3v) is 3.71. The summed E-state index contributed by atoms with van der Waals surface area (Å²) in [5, 5.41) is 2.94. The van der Waals surface area contributed by atoms with E-state index in [1.165, 1.54) is 0 Å². The third-order valence-electron chi connectivity index (χ3n) is 3.18. The van der Waals surface area contributed by atoms with Crippen molar-refractivity contribution in [3.8, 4) is 5.69 Å². The van der Waals surface area contributed by atoms with Crippen molar-refractivity contribution in [1.82, 2.24) is 9.88 Å². The quantitative estimate of drug-likeness (QED) is 0.904. The average Bonchev–Trinajstić information content (AvgIpc) is 2.66. The second-order valence-corrected chi connectivity index (χ2v) is 6.14. The molecule has 0 saturated heterocycles. The molecule has 0 unspecified atom stereocenters. The second-order valence-electron chi connectivity index (χ2n) is 5.22. The topological polar surface area (TPSA) is 34.0 Å². The van der Waals surface area contributed by atoms with Crippen LogP contribution in [0.25, 0.3) is 5.69 Å². The van der Waals surface area contributed by atoms with Gasteiger partial charge in [0.25, 0.3) is 5.91 Å². The first-order valence-electron chi connectivity index (χ1n) is 6.66. The van der Waals surface area contributed by atoms with Crippen LogP contribution in [0.15, 0.2) is 34.8 Å². The number of hydrogen-bond donors (Lipinski definition) is 1. The Bertz CT molecular complexity index is 627. The van der Waals surface area contributed by atoms with Gasteiger partial charge in [-0.15, -0.1) is 0 Å². The van der Waals surface area contributed by atoms with Crippen LogP contribution in [0.4, 0.5) is 0 Å². The monoisotopic (exact) mass is 334 g/mol. The van der Waals surface area contributed by atoms with Gasteiger partial charge in [0.15, 0.2) is 0 Å². The SMILES string of the molecule is Cc1cc(C(=O)NC(C)C)c(C)n1-c1ccc(Br)cc1. The van der Waals surface area contributed by atoms with Crippen LogP contribution in [0.2, 0.25) is 0 Å². The number of halogens is 1. The highest BCUT2D eigenvalue weighted by molar-refractivity contribution is 9.10. The Kier molecular flexibility index (Phi) is 4.33. The van der Waals surface area contributed by atoms with Gasteiger partial charge in [0, 0.05) is 27.6 Å². The Morgan fingerprint density at radius 2 is 1.80 bits per heavy atom. The van der Waals surface area contributed by atoms with E-state index in [1.54, 1.807) is 0 Å². The van der Waals surface area contributed by atoms with Crippen molar-refractivity contribution in [2.24, 2.45) is 0 Å². The van der Waals surface area contributed by atoms with Crippen LogP contribution in [0.1, 0.15) is 35.6 Å². The number of carbonyl (C=O) groups excluding carboxylic acids is 1. The predicted molar refractivity (Wildman–Crippen MR) is 85.5 cm³/mol. The van der Waals surface area contributed by atoms with Crippen molar-refractivity contribution in [1.29, 1.82) is 0 Å². The number of nitrogens with zero attached hydrogens (tertiary/aromatic N) is 1. The van der Waals surface area contributed by atoms with E-state index in [2.05, 4.69) is 25.8 Å². The molecule has 0 radical (unpaired) electrons. The van der Waals surface area contributed by atoms with E-state index >= 15 is 0 Å². The van der Waals surface area contributed by atoms with Gasteiger partial charge in [0.1, 0.15) is 0 Å². The van der Waals surface area contributed by atoms with Crippen molar-refractivity contribution in [2.75, 3.05) is 0 Å². The molecule has 1 N–H and O–H groups in total. The lowest BCUT2D eigenvalue weighted by atomic mass is 10.2. The molecule has 2 aromatic rings. The summed E-state index contributed by atoms with van der Waals surface area (Å²) in [5.41, 5.74) is 3.81. The fraction of sp³-hybridized carbons (Fsp3) is 0.312. The number of nitrogens with one attached hydrogen (secondary N) is 1. The van der Waals surface area contributed by atoms with Gasteiger partial charge in [-0.3, -0.25) is 4.79 Å². The first-order valence-corrected chi connectivity index (χ1v) is 7.45. The minimum absolute atomic E-state index is 0.0172. The Balaban J connectivity index is 2.43. The van der Waals surface area contributed by atoms with Crippen molar-refractivity contribution >= 4 is 21.8 Å². The van der Waals surface area contributed by atoms with Crippen molar-refractivity contribution in [3.63, 3.8) is 0 Å². The van der Waals surface area contributed by atoms with Crippen LogP contribution >= 0.6 is 15.9 Å². The number of aromatic nitrogens is 1. The normalized spacial score (nSPS) is 10.9. The zero-order valence-electron chi connectivity index (χ0n) is 12.2. The van der Waals surface area contributed by atoms with Gasteiger partial charge in [0.2, 0.25) is 0 Å². The van der Waals surface area contributed by atoms with Gasteiger partial charge in [0.05, 0.1) is 5.56 Å². The molecule has 0 aliphatic heterocycles. The molecular formula is C16H19BrN2O. The molecule has 0 fully saturated rings. The fourth-order valence-corrected chi connectivity index (χ4v) is 2.58. The number of benzene rings is 1. The number of aryl methyl sites for hydroxylation is 1. The van der Waals surface area contributed by atoms with Crippen LogP contribution in [0, 0.1) is 13.8 Å². The summed E-state index contributed by atoms with van der Waals surface area (Å²) in [6.45, 7) is 7.92. The lowest BCUT2D eigenvalue weighted by molar-refractivity contribution is 0.0942. The van der Waals surface area contributed by atoms with E-state index in [0.29, 0.717) is 0 Å². The summed E-state index contributed by atoms with van der Waals surface area (Å²) < 4.78 is 3.14. The van der Waals surface area contributed by atoms with Crippen LogP contribution < -0.4 is 5.32 Å². The largest absolute Gasteiger partial charge is 0.350 e. The van der Waals surface area contributed by atoms with E-state index in [4.69, 9.17) is 0 Å². The van der Waals surface area contributed by atoms with E-state index in [-0.39, 0.29) is 11.9 Å². The molecule has 3 nitrogen and oxygen atoms in total. The molecule has 20 heavy (non-hydrogen) atoms. The lowest BCUT2D eigenvalue weighted by Gasteiger charge is -2.11. The molecule has 0 aliphatic carbocycles. The predicted octanol–water partition coefficient (Wildman–Crippen LogP) is 3.99. The molecule has 106 valence electrons. The second kappa shape index (κ2) is 5.83. The minimum Gasteiger partial charge on any atom is -0.350 e. The minimum atomic E-state index is -0.0172. The fourth-order valence-electron chi connectivity index (χ4n) is 2.32. The molecular weight excluding hydrogens is 316 g/mol. The number of carbonyl (C=O) groups is 1. The highest BCUT2D eigenvalue weighted by atomic mass is 79.9. The van der Waals surface area contributed by atoms with E-state index in [0.717, 1.165) is 27.1 Å². The summed E-state index contributed by atoms with van der Waals surface area (Å²) in [5.74, 6) is -0.0172. The molecule has 0 atom stereocenters. The van der Waals surface area contributed by atoms with Crippen molar-refractivity contribution in [3.05, 3.63) is 51.8 Å². The highest BCUT2D eigenvalue weighted by Gasteiger charge is 2.16. The van der Waals surface area contributed by atoms with E-state index in [9.17, 15) is 4.79 Å². The average molecular weight is 335 g/mol. The maximum absolute atomic E-state index is 12.2. The standard InChI is InChI=1S/C16H19BrN2O/c1-10(2)18-16(20)15-9-11(3)19(12(15)4)14-7-5-13(17)6-8-14/h5-10H,1-4H3,(H,18,20). The molecule has 0 bridgehead atoms. The molecule has 0 aliphatic rings. The van der Waals surface area contributed by atoms with Crippen molar-refractivity contribution < 1.29 is 4.79 Å². The number of rotatable bonds is 3. The summed E-state index contributed by atoms with van der Waals surface area (Å²) in [6.07, 6.45) is 0. The van der Waals surface area contributed by atoms with Crippen LogP contribution in [-0.2, 0) is 0 Å². The van der Waals surface area contributed by atoms with E-state index in [1.807, 2.05) is 58.0 Å². The molecule has 0 spiro atoms. The van der Waals surface area contributed by atoms with Gasteiger partial charge in [-0.1, -0.05) is 15.9 Å². The van der Waals surface area contributed by atoms with E-state index < -0.39 is 0 Å². The highest BCUT2D eigenvalue weighted by Crippen LogP contribution is 2.22. The number of hydrogen-bond acceptors (Lipinski definition) is 1. The summed E-state index contributed by atoms with van der Waals surface area (Å²) in [4.78, 5) is 12.2. The zero-order chi connectivity index (χ0) is 14.9. The Morgan fingerprint density at radius 1 is 1.20 bits per heavy atom. The smallest absolute Gasteiger partial charge is 0.253 e. The Morgan fingerprint density at radius 3 is 2.35 bits per heavy atom. The Hall–Kier alpha value is -1.55. The van der Waals surface area contributed by atoms with Crippen LogP contribution in [0.5, 0.6) is 0 Å². The van der Waals surface area contributed by atoms with Crippen molar-refractivity contribution in [2.45, 2.75) is 33.7 Å². The van der Waals surface area contributed by atoms with Gasteiger partial charge >= 0.3 is 0 Å². The van der Waals surface area contributed by atoms with Gasteiger partial charge in [-0.05, 0) is 58.0 Å². The summed E-state index contributed by atoms with van der Waals surface area (Å²) >= 11 is 3.44. The molecule has 1 amide bonds. The maximum Gasteiger partial charge on any atom is 0.253 e. The first kappa shape index (κ1) is 14.9. The third kappa shape index (κ3) is 2.96. The van der Waals surface area contributed by atoms with Crippen LogP contribution in [-0.4, -0.2) is 16.5 Å². The molecule has 1 aromatic carbocycles. The van der Waals surface area contributed by atoms with Gasteiger partial charge in [-0.25, -0.2) is 0 Å². The summed E-state index contributed by atoms with van der Waals surface area (Å²) in [6, 6.07) is 10.2. The molecule has 1 aromatic heterocycles. The number of amides is 1. The molecule has 2 rings (SSSR count).